The first kappa shape index (κ1) is 19.5. The maximum atomic E-state index is 13.5. The van der Waals surface area contributed by atoms with Crippen LogP contribution in [0.3, 0.4) is 0 Å². The van der Waals surface area contributed by atoms with E-state index in [0.717, 1.165) is 4.68 Å². The topological polar surface area (TPSA) is 48.6 Å². The number of methoxy groups -OCH3 is 2. The van der Waals surface area contributed by atoms with Crippen molar-refractivity contribution >= 4 is 12.0 Å². The lowest BCUT2D eigenvalue weighted by Crippen LogP contribution is -2.08. The van der Waals surface area contributed by atoms with E-state index in [2.05, 4.69) is 10.1 Å². The Morgan fingerprint density at radius 1 is 1.00 bits per heavy atom. The molecular weight excluding hydrogens is 371 g/mol. The second-order valence-electron chi connectivity index (χ2n) is 5.88. The first-order valence-corrected chi connectivity index (χ1v) is 8.31. The number of para-hydroxylation sites is 1. The number of aryl methyl sites for hydroxylation is 1. The van der Waals surface area contributed by atoms with E-state index in [1.54, 1.807) is 48.5 Å². The number of nitrogens with zero attached hydrogens (tertiary/aromatic N) is 3. The molecule has 0 bridgehead atoms. The maximum Gasteiger partial charge on any atom is 0.435 e. The smallest absolute Gasteiger partial charge is 0.435 e. The molecule has 0 N–H and O–H groups in total. The quantitative estimate of drug-likeness (QED) is 0.585. The van der Waals surface area contributed by atoms with Crippen LogP contribution in [0.1, 0.15) is 11.3 Å². The lowest BCUT2D eigenvalue weighted by atomic mass is 10.1. The van der Waals surface area contributed by atoms with Crippen molar-refractivity contribution in [2.75, 3.05) is 14.2 Å². The lowest BCUT2D eigenvalue weighted by molar-refractivity contribution is -0.140. The predicted molar refractivity (Wildman–Crippen MR) is 100 cm³/mol. The third-order valence-electron chi connectivity index (χ3n) is 4.11. The van der Waals surface area contributed by atoms with Crippen LogP contribution in [-0.4, -0.2) is 30.2 Å². The Hall–Kier alpha value is -3.29. The van der Waals surface area contributed by atoms with E-state index in [9.17, 15) is 13.2 Å². The molecule has 0 saturated carbocycles. The summed E-state index contributed by atoms with van der Waals surface area (Å²) in [6, 6.07) is 13.4. The zero-order valence-electron chi connectivity index (χ0n) is 15.5. The number of aliphatic imine (C=N–C) groups is 1. The summed E-state index contributed by atoms with van der Waals surface area (Å²) >= 11 is 0. The molecule has 1 heterocycles. The third-order valence-corrected chi connectivity index (χ3v) is 4.11. The molecule has 0 amide bonds. The molecule has 0 fully saturated rings. The molecule has 0 aliphatic rings. The number of aromatic nitrogens is 2. The van der Waals surface area contributed by atoms with Gasteiger partial charge in [0.2, 0.25) is 0 Å². The van der Waals surface area contributed by atoms with Crippen molar-refractivity contribution in [3.63, 3.8) is 0 Å². The molecule has 3 rings (SSSR count). The van der Waals surface area contributed by atoms with Crippen molar-refractivity contribution in [1.82, 2.24) is 9.78 Å². The highest BCUT2D eigenvalue weighted by Gasteiger charge is 2.39. The Balaban J connectivity index is 2.16. The van der Waals surface area contributed by atoms with Gasteiger partial charge >= 0.3 is 6.18 Å². The summed E-state index contributed by atoms with van der Waals surface area (Å²) in [4.78, 5) is 4.31. The summed E-state index contributed by atoms with van der Waals surface area (Å²) in [6.45, 7) is 0. The lowest BCUT2D eigenvalue weighted by Gasteiger charge is -2.10. The van der Waals surface area contributed by atoms with Crippen molar-refractivity contribution in [1.29, 1.82) is 0 Å². The average molecular weight is 389 g/mol. The monoisotopic (exact) mass is 389 g/mol. The fourth-order valence-electron chi connectivity index (χ4n) is 2.88. The highest BCUT2D eigenvalue weighted by Crippen LogP contribution is 2.41. The van der Waals surface area contributed by atoms with E-state index in [4.69, 9.17) is 9.47 Å². The second-order valence-corrected chi connectivity index (χ2v) is 5.88. The van der Waals surface area contributed by atoms with Crippen LogP contribution >= 0.6 is 0 Å². The van der Waals surface area contributed by atoms with Crippen LogP contribution in [0.4, 0.5) is 19.0 Å². The van der Waals surface area contributed by atoms with Gasteiger partial charge in [0.25, 0.3) is 0 Å². The molecular formula is C20H18F3N3O2. The van der Waals surface area contributed by atoms with E-state index in [1.807, 2.05) is 0 Å². The number of rotatable bonds is 5. The van der Waals surface area contributed by atoms with Crippen molar-refractivity contribution in [2.45, 2.75) is 6.18 Å². The van der Waals surface area contributed by atoms with E-state index in [0.29, 0.717) is 22.6 Å². The SMILES string of the molecule is COc1cccc(/C=N/c2c(-c3ccccc3)c(C(F)(F)F)nn2C)c1OC. The minimum Gasteiger partial charge on any atom is -0.493 e. The fraction of sp³-hybridized carbons (Fsp3) is 0.200. The fourth-order valence-corrected chi connectivity index (χ4v) is 2.88. The van der Waals surface area contributed by atoms with Gasteiger partial charge in [0.05, 0.1) is 19.8 Å². The van der Waals surface area contributed by atoms with Crippen molar-refractivity contribution in [3.05, 3.63) is 59.8 Å². The summed E-state index contributed by atoms with van der Waals surface area (Å²) < 4.78 is 52.3. The molecule has 0 saturated heterocycles. The summed E-state index contributed by atoms with van der Waals surface area (Å²) in [7, 11) is 4.41. The molecule has 28 heavy (non-hydrogen) atoms. The van der Waals surface area contributed by atoms with Gasteiger partial charge in [-0.2, -0.15) is 18.3 Å². The number of halogens is 3. The molecule has 0 spiro atoms. The third kappa shape index (κ3) is 3.71. The van der Waals surface area contributed by atoms with Crippen molar-refractivity contribution in [2.24, 2.45) is 12.0 Å². The predicted octanol–water partition coefficient (Wildman–Crippen LogP) is 4.87. The number of ether oxygens (including phenoxy) is 2. The van der Waals surface area contributed by atoms with Gasteiger partial charge < -0.3 is 9.47 Å². The Morgan fingerprint density at radius 3 is 2.32 bits per heavy atom. The number of alkyl halides is 3. The van der Waals surface area contributed by atoms with Crippen molar-refractivity contribution < 1.29 is 22.6 Å². The summed E-state index contributed by atoms with van der Waals surface area (Å²) in [5.74, 6) is 1.02. The van der Waals surface area contributed by atoms with Gasteiger partial charge in [0.1, 0.15) is 0 Å². The van der Waals surface area contributed by atoms with Crippen molar-refractivity contribution in [3.8, 4) is 22.6 Å². The first-order valence-electron chi connectivity index (χ1n) is 8.31. The molecule has 0 aliphatic heterocycles. The molecule has 1 aromatic heterocycles. The van der Waals surface area contributed by atoms with Crippen LogP contribution in [0.5, 0.6) is 11.5 Å². The van der Waals surface area contributed by atoms with Gasteiger partial charge in [-0.15, -0.1) is 0 Å². The number of benzene rings is 2. The molecule has 0 atom stereocenters. The van der Waals surface area contributed by atoms with Gasteiger partial charge in [-0.25, -0.2) is 9.67 Å². The number of hydrogen-bond donors (Lipinski definition) is 0. The van der Waals surface area contributed by atoms with Crippen LogP contribution in [0.2, 0.25) is 0 Å². The highest BCUT2D eigenvalue weighted by molar-refractivity contribution is 5.89. The van der Waals surface area contributed by atoms with Crippen LogP contribution in [-0.2, 0) is 13.2 Å². The molecule has 5 nitrogen and oxygen atoms in total. The largest absolute Gasteiger partial charge is 0.493 e. The van der Waals surface area contributed by atoms with Gasteiger partial charge in [0, 0.05) is 18.8 Å². The van der Waals surface area contributed by atoms with E-state index < -0.39 is 11.9 Å². The van der Waals surface area contributed by atoms with Crippen LogP contribution in [0.15, 0.2) is 53.5 Å². The molecule has 8 heteroatoms. The Kier molecular flexibility index (Phi) is 5.39. The van der Waals surface area contributed by atoms with Gasteiger partial charge in [-0.05, 0) is 17.7 Å². The van der Waals surface area contributed by atoms with Crippen LogP contribution in [0, 0.1) is 0 Å². The maximum absolute atomic E-state index is 13.5. The first-order chi connectivity index (χ1) is 13.4. The zero-order chi connectivity index (χ0) is 20.3. The molecule has 0 radical (unpaired) electrons. The van der Waals surface area contributed by atoms with Crippen LogP contribution < -0.4 is 9.47 Å². The summed E-state index contributed by atoms with van der Waals surface area (Å²) in [5.41, 5.74) is -0.108. The highest BCUT2D eigenvalue weighted by atomic mass is 19.4. The summed E-state index contributed by atoms with van der Waals surface area (Å²) in [6.07, 6.45) is -3.17. The normalized spacial score (nSPS) is 11.8. The van der Waals surface area contributed by atoms with Crippen LogP contribution in [0.25, 0.3) is 11.1 Å². The molecule has 3 aromatic rings. The second kappa shape index (κ2) is 7.75. The van der Waals surface area contributed by atoms with E-state index in [1.165, 1.54) is 27.5 Å². The Labute approximate surface area is 160 Å². The standard InChI is InChI=1S/C20H18F3N3O2/c1-26-19(24-12-14-10-7-11-15(27-2)17(14)28-3)16(13-8-5-4-6-9-13)18(25-26)20(21,22)23/h4-12H,1-3H3/b24-12+. The minimum atomic E-state index is -4.61. The zero-order valence-corrected chi connectivity index (χ0v) is 15.5. The molecule has 2 aromatic carbocycles. The van der Waals surface area contributed by atoms with Gasteiger partial charge in [0.15, 0.2) is 23.0 Å². The molecule has 0 unspecified atom stereocenters. The average Bonchev–Trinajstić information content (AvgIpc) is 3.03. The molecule has 146 valence electrons. The van der Waals surface area contributed by atoms with Gasteiger partial charge in [-0.1, -0.05) is 36.4 Å². The Morgan fingerprint density at radius 2 is 1.71 bits per heavy atom. The minimum absolute atomic E-state index is 0.0753. The van der Waals surface area contributed by atoms with E-state index >= 15 is 0 Å². The Bertz CT molecular complexity index is 996. The van der Waals surface area contributed by atoms with E-state index in [-0.39, 0.29) is 11.4 Å². The number of hydrogen-bond acceptors (Lipinski definition) is 4. The summed E-state index contributed by atoms with van der Waals surface area (Å²) in [5, 5.41) is 3.67. The van der Waals surface area contributed by atoms with Gasteiger partial charge in [-0.3, -0.25) is 0 Å². The molecule has 0 aliphatic carbocycles.